The van der Waals surface area contributed by atoms with Crippen molar-refractivity contribution in [1.82, 2.24) is 9.88 Å². The molecule has 0 saturated carbocycles. The molecule has 0 spiro atoms. The molecule has 1 aromatic heterocycles. The summed E-state index contributed by atoms with van der Waals surface area (Å²) >= 11 is 0. The summed E-state index contributed by atoms with van der Waals surface area (Å²) in [5.74, 6) is -0.938. The largest absolute Gasteiger partial charge is 0.364 e. The van der Waals surface area contributed by atoms with E-state index in [-0.39, 0.29) is 11.4 Å². The topological polar surface area (TPSA) is 89.3 Å². The van der Waals surface area contributed by atoms with Crippen LogP contribution in [0.4, 0.5) is 0 Å². The molecule has 1 aromatic rings. The number of rotatable bonds is 3. The molecule has 0 aliphatic carbocycles. The van der Waals surface area contributed by atoms with E-state index in [2.05, 4.69) is 9.68 Å². The zero-order chi connectivity index (χ0) is 9.90. The van der Waals surface area contributed by atoms with Gasteiger partial charge in [0.2, 0.25) is 10.0 Å². The van der Waals surface area contributed by atoms with Crippen LogP contribution in [0.2, 0.25) is 0 Å². The maximum atomic E-state index is 11.1. The smallest absolute Gasteiger partial charge is 0.286 e. The van der Waals surface area contributed by atoms with Crippen LogP contribution in [0.5, 0.6) is 0 Å². The van der Waals surface area contributed by atoms with Crippen molar-refractivity contribution >= 4 is 15.9 Å². The van der Waals surface area contributed by atoms with Crippen LogP contribution in [0.1, 0.15) is 17.4 Å². The summed E-state index contributed by atoms with van der Waals surface area (Å²) in [6.07, 6.45) is 1.19. The molecule has 72 valence electrons. The molecule has 0 aliphatic rings. The standard InChI is InChI=1S/C6H8N2O4S/c1-2-13(10,11)8-6(9)5-3-4-12-7-5/h3-4H,2H2,1H3,(H,8,9). The fraction of sp³-hybridized carbons (Fsp3) is 0.333. The number of hydrogen-bond acceptors (Lipinski definition) is 5. The molecule has 7 heteroatoms. The third-order valence-electron chi connectivity index (χ3n) is 1.30. The highest BCUT2D eigenvalue weighted by Gasteiger charge is 2.15. The predicted molar refractivity (Wildman–Crippen MR) is 43.4 cm³/mol. The number of nitrogens with zero attached hydrogens (tertiary/aromatic N) is 1. The highest BCUT2D eigenvalue weighted by molar-refractivity contribution is 7.90. The third-order valence-corrected chi connectivity index (χ3v) is 2.56. The van der Waals surface area contributed by atoms with Gasteiger partial charge in [-0.3, -0.25) is 4.79 Å². The fourth-order valence-electron chi connectivity index (χ4n) is 0.595. The summed E-state index contributed by atoms with van der Waals surface area (Å²) in [7, 11) is -3.53. The predicted octanol–water partition coefficient (Wildman–Crippen LogP) is -0.246. The molecule has 0 unspecified atom stereocenters. The van der Waals surface area contributed by atoms with Crippen molar-refractivity contribution in [3.8, 4) is 0 Å². The number of hydrogen-bond donors (Lipinski definition) is 1. The lowest BCUT2D eigenvalue weighted by molar-refractivity contribution is 0.0972. The average Bonchev–Trinajstić information content (AvgIpc) is 2.55. The molecule has 13 heavy (non-hydrogen) atoms. The fourth-order valence-corrected chi connectivity index (χ4v) is 1.13. The van der Waals surface area contributed by atoms with Gasteiger partial charge in [-0.25, -0.2) is 13.1 Å². The van der Waals surface area contributed by atoms with E-state index in [1.807, 2.05) is 4.72 Å². The second-order valence-corrected chi connectivity index (χ2v) is 4.23. The molecule has 0 radical (unpaired) electrons. The minimum absolute atomic E-state index is 0.0583. The number of carbonyl (C=O) groups excluding carboxylic acids is 1. The van der Waals surface area contributed by atoms with Crippen molar-refractivity contribution in [2.75, 3.05) is 5.75 Å². The minimum Gasteiger partial charge on any atom is -0.364 e. The van der Waals surface area contributed by atoms with Gasteiger partial charge in [0, 0.05) is 6.07 Å². The van der Waals surface area contributed by atoms with E-state index in [1.54, 1.807) is 0 Å². The highest BCUT2D eigenvalue weighted by atomic mass is 32.2. The van der Waals surface area contributed by atoms with Crippen LogP contribution in [0, 0.1) is 0 Å². The molecule has 1 rings (SSSR count). The van der Waals surface area contributed by atoms with Crippen molar-refractivity contribution < 1.29 is 17.7 Å². The van der Waals surface area contributed by atoms with Crippen molar-refractivity contribution in [3.05, 3.63) is 18.0 Å². The van der Waals surface area contributed by atoms with Crippen molar-refractivity contribution in [1.29, 1.82) is 0 Å². The lowest BCUT2D eigenvalue weighted by Gasteiger charge is -2.00. The van der Waals surface area contributed by atoms with Gasteiger partial charge in [0.1, 0.15) is 6.26 Å². The molecule has 1 amide bonds. The molecular weight excluding hydrogens is 196 g/mol. The summed E-state index contributed by atoms with van der Waals surface area (Å²) < 4.78 is 28.0. The first-order valence-electron chi connectivity index (χ1n) is 3.50. The number of carbonyl (C=O) groups is 1. The molecule has 0 aliphatic heterocycles. The van der Waals surface area contributed by atoms with E-state index in [0.29, 0.717) is 0 Å². The van der Waals surface area contributed by atoms with E-state index in [1.165, 1.54) is 19.3 Å². The summed E-state index contributed by atoms with van der Waals surface area (Å²) in [4.78, 5) is 11.1. The van der Waals surface area contributed by atoms with Crippen LogP contribution >= 0.6 is 0 Å². The van der Waals surface area contributed by atoms with Gasteiger partial charge in [0.05, 0.1) is 5.75 Å². The summed E-state index contributed by atoms with van der Waals surface area (Å²) in [5.41, 5.74) is -0.0583. The maximum absolute atomic E-state index is 11.1. The van der Waals surface area contributed by atoms with Gasteiger partial charge in [0.25, 0.3) is 5.91 Å². The first-order chi connectivity index (χ1) is 6.05. The minimum atomic E-state index is -3.53. The van der Waals surface area contributed by atoms with E-state index >= 15 is 0 Å². The first-order valence-corrected chi connectivity index (χ1v) is 5.15. The van der Waals surface area contributed by atoms with E-state index in [4.69, 9.17) is 0 Å². The summed E-state index contributed by atoms with van der Waals surface area (Å²) in [5, 5.41) is 3.28. The molecule has 0 atom stereocenters. The van der Waals surface area contributed by atoms with Gasteiger partial charge in [-0.05, 0) is 6.92 Å². The van der Waals surface area contributed by atoms with Crippen LogP contribution < -0.4 is 4.72 Å². The Morgan fingerprint density at radius 1 is 1.69 bits per heavy atom. The third kappa shape index (κ3) is 2.55. The van der Waals surface area contributed by atoms with E-state index in [9.17, 15) is 13.2 Å². The normalized spacial score (nSPS) is 11.2. The quantitative estimate of drug-likeness (QED) is 0.733. The average molecular weight is 204 g/mol. The van der Waals surface area contributed by atoms with Crippen LogP contribution in [0.3, 0.4) is 0 Å². The Labute approximate surface area is 75.0 Å². The lowest BCUT2D eigenvalue weighted by atomic mass is 10.4. The SMILES string of the molecule is CCS(=O)(=O)NC(=O)c1ccon1. The maximum Gasteiger partial charge on any atom is 0.286 e. The van der Waals surface area contributed by atoms with Gasteiger partial charge in [-0.2, -0.15) is 0 Å². The van der Waals surface area contributed by atoms with Crippen LogP contribution in [-0.2, 0) is 10.0 Å². The lowest BCUT2D eigenvalue weighted by Crippen LogP contribution is -2.31. The van der Waals surface area contributed by atoms with Gasteiger partial charge < -0.3 is 4.52 Å². The van der Waals surface area contributed by atoms with Crippen molar-refractivity contribution in [2.24, 2.45) is 0 Å². The van der Waals surface area contributed by atoms with Gasteiger partial charge in [-0.1, -0.05) is 5.16 Å². The van der Waals surface area contributed by atoms with E-state index < -0.39 is 15.9 Å². The summed E-state index contributed by atoms with van der Waals surface area (Å²) in [6.45, 7) is 1.43. The van der Waals surface area contributed by atoms with Gasteiger partial charge in [-0.15, -0.1) is 0 Å². The molecule has 1 heterocycles. The van der Waals surface area contributed by atoms with E-state index in [0.717, 1.165) is 0 Å². The van der Waals surface area contributed by atoms with Crippen LogP contribution in [0.25, 0.3) is 0 Å². The highest BCUT2D eigenvalue weighted by Crippen LogP contribution is 1.95. The molecule has 1 N–H and O–H groups in total. The second-order valence-electron chi connectivity index (χ2n) is 2.22. The second kappa shape index (κ2) is 3.56. The van der Waals surface area contributed by atoms with Crippen molar-refractivity contribution in [2.45, 2.75) is 6.92 Å². The molecule has 0 fully saturated rings. The zero-order valence-corrected chi connectivity index (χ0v) is 7.67. The van der Waals surface area contributed by atoms with Crippen LogP contribution in [0.15, 0.2) is 16.9 Å². The Morgan fingerprint density at radius 2 is 2.38 bits per heavy atom. The Kier molecular flexibility index (Phi) is 2.66. The van der Waals surface area contributed by atoms with Crippen molar-refractivity contribution in [3.63, 3.8) is 0 Å². The summed E-state index contributed by atoms with van der Waals surface area (Å²) in [6, 6.07) is 1.28. The Hall–Kier alpha value is -1.37. The monoisotopic (exact) mass is 204 g/mol. The molecule has 0 saturated heterocycles. The zero-order valence-electron chi connectivity index (χ0n) is 6.85. The molecule has 6 nitrogen and oxygen atoms in total. The Bertz CT molecular complexity index is 381. The Balaban J connectivity index is 2.73. The molecule has 0 bridgehead atoms. The first kappa shape index (κ1) is 9.72. The van der Waals surface area contributed by atoms with Gasteiger partial charge in [0.15, 0.2) is 5.69 Å². The van der Waals surface area contributed by atoms with Gasteiger partial charge >= 0.3 is 0 Å². The number of aromatic nitrogens is 1. The Morgan fingerprint density at radius 3 is 2.85 bits per heavy atom. The number of amides is 1. The number of nitrogens with one attached hydrogen (secondary N) is 1. The molecule has 0 aromatic carbocycles. The number of sulfonamides is 1. The van der Waals surface area contributed by atoms with Crippen LogP contribution in [-0.4, -0.2) is 25.2 Å². The molecular formula is C6H8N2O4S.